The third-order valence-corrected chi connectivity index (χ3v) is 4.20. The maximum Gasteiger partial charge on any atom is 0.435 e. The van der Waals surface area contributed by atoms with Gasteiger partial charge in [0.2, 0.25) is 0 Å². The summed E-state index contributed by atoms with van der Waals surface area (Å²) in [5.41, 5.74) is -2.89. The highest BCUT2D eigenvalue weighted by molar-refractivity contribution is 5.90. The van der Waals surface area contributed by atoms with E-state index in [9.17, 15) is 27.6 Å². The lowest BCUT2D eigenvalue weighted by Crippen LogP contribution is -2.36. The van der Waals surface area contributed by atoms with Crippen LogP contribution in [0.1, 0.15) is 50.3 Å². The van der Waals surface area contributed by atoms with Crippen molar-refractivity contribution >= 4 is 17.8 Å². The van der Waals surface area contributed by atoms with Gasteiger partial charge in [-0.3, -0.25) is 4.79 Å². The molecular weight excluding hydrogens is 395 g/mol. The molecule has 29 heavy (non-hydrogen) atoms. The molecule has 1 amide bonds. The summed E-state index contributed by atoms with van der Waals surface area (Å²) in [6.07, 6.45) is -4.26. The smallest absolute Gasteiger partial charge is 0.435 e. The Morgan fingerprint density at radius 2 is 1.90 bits per heavy atom. The Labute approximate surface area is 166 Å². The number of Topliss-reactive ketones (excluding diaryl/α,β-unsaturated/α-hetero) is 1. The van der Waals surface area contributed by atoms with Crippen LogP contribution >= 0.6 is 0 Å². The van der Waals surface area contributed by atoms with Gasteiger partial charge in [-0.05, 0) is 34.1 Å². The van der Waals surface area contributed by atoms with Crippen molar-refractivity contribution in [2.75, 3.05) is 19.7 Å². The van der Waals surface area contributed by atoms with E-state index in [0.29, 0.717) is 13.0 Å². The zero-order valence-electron chi connectivity index (χ0n) is 16.7. The molecule has 0 bridgehead atoms. The fraction of sp³-hybridized carbons (Fsp3) is 0.667. The highest BCUT2D eigenvalue weighted by atomic mass is 19.4. The van der Waals surface area contributed by atoms with Crippen LogP contribution < -0.4 is 0 Å². The van der Waals surface area contributed by atoms with Crippen molar-refractivity contribution in [2.45, 2.75) is 52.4 Å². The molecule has 2 heterocycles. The number of ether oxygens (including phenoxy) is 2. The van der Waals surface area contributed by atoms with Gasteiger partial charge in [0.05, 0.1) is 19.5 Å². The molecular formula is C18H24F3N3O5. The largest absolute Gasteiger partial charge is 0.461 e. The first-order valence-corrected chi connectivity index (χ1v) is 9.13. The van der Waals surface area contributed by atoms with Crippen LogP contribution in [0.4, 0.5) is 18.0 Å². The lowest BCUT2D eigenvalue weighted by molar-refractivity contribution is -0.141. The molecule has 2 rings (SSSR count). The third kappa shape index (κ3) is 5.70. The highest BCUT2D eigenvalue weighted by Crippen LogP contribution is 2.31. The molecule has 0 N–H and O–H groups in total. The van der Waals surface area contributed by atoms with Gasteiger partial charge in [0.25, 0.3) is 0 Å². The topological polar surface area (TPSA) is 90.7 Å². The van der Waals surface area contributed by atoms with Crippen molar-refractivity contribution in [1.82, 2.24) is 14.5 Å². The SMILES string of the molecule is CCOC(=O)c1c(C(F)(F)F)ncn1CC(=O)C1CCN(C(=O)OC(C)(C)C)C1. The second-order valence-electron chi connectivity index (χ2n) is 7.67. The molecule has 11 heteroatoms. The molecule has 1 aliphatic heterocycles. The van der Waals surface area contributed by atoms with Crippen molar-refractivity contribution in [3.05, 3.63) is 17.7 Å². The van der Waals surface area contributed by atoms with Gasteiger partial charge in [-0.2, -0.15) is 13.2 Å². The van der Waals surface area contributed by atoms with Crippen LogP contribution in [-0.2, 0) is 27.0 Å². The molecule has 0 radical (unpaired) electrons. The Morgan fingerprint density at radius 3 is 2.45 bits per heavy atom. The van der Waals surface area contributed by atoms with Gasteiger partial charge < -0.3 is 18.9 Å². The molecule has 1 unspecified atom stereocenters. The van der Waals surface area contributed by atoms with E-state index in [0.717, 1.165) is 10.9 Å². The van der Waals surface area contributed by atoms with E-state index < -0.39 is 53.5 Å². The molecule has 1 fully saturated rings. The summed E-state index contributed by atoms with van der Waals surface area (Å²) in [7, 11) is 0. The molecule has 0 saturated carbocycles. The van der Waals surface area contributed by atoms with Gasteiger partial charge in [-0.1, -0.05) is 0 Å². The molecule has 0 aliphatic carbocycles. The first-order valence-electron chi connectivity index (χ1n) is 9.13. The minimum Gasteiger partial charge on any atom is -0.461 e. The molecule has 1 saturated heterocycles. The van der Waals surface area contributed by atoms with E-state index in [1.165, 1.54) is 11.8 Å². The fourth-order valence-electron chi connectivity index (χ4n) is 2.94. The van der Waals surface area contributed by atoms with Crippen LogP contribution in [0, 0.1) is 5.92 Å². The average Bonchev–Trinajstić information content (AvgIpc) is 3.20. The van der Waals surface area contributed by atoms with E-state index >= 15 is 0 Å². The standard InChI is InChI=1S/C18H24F3N3O5/c1-5-28-15(26)13-14(18(19,20)21)22-10-24(13)9-12(25)11-6-7-23(8-11)16(27)29-17(2,3)4/h10-11H,5-9H2,1-4H3. The van der Waals surface area contributed by atoms with Crippen molar-refractivity contribution in [1.29, 1.82) is 0 Å². The van der Waals surface area contributed by atoms with Crippen molar-refractivity contribution in [3.63, 3.8) is 0 Å². The Kier molecular flexibility index (Phi) is 6.59. The molecule has 1 aromatic rings. The van der Waals surface area contributed by atoms with E-state index in [4.69, 9.17) is 4.74 Å². The van der Waals surface area contributed by atoms with E-state index in [1.54, 1.807) is 20.8 Å². The number of hydrogen-bond acceptors (Lipinski definition) is 6. The number of alkyl halides is 3. The van der Waals surface area contributed by atoms with Crippen molar-refractivity contribution < 1.29 is 37.0 Å². The molecule has 0 aromatic carbocycles. The number of ketones is 1. The van der Waals surface area contributed by atoms with Crippen molar-refractivity contribution in [3.8, 4) is 0 Å². The minimum atomic E-state index is -4.86. The number of imidazole rings is 1. The quantitative estimate of drug-likeness (QED) is 0.682. The first kappa shape index (κ1) is 22.7. The van der Waals surface area contributed by atoms with Crippen LogP contribution in [0.3, 0.4) is 0 Å². The number of carbonyl (C=O) groups is 3. The Balaban J connectivity index is 2.12. The molecule has 162 valence electrons. The van der Waals surface area contributed by atoms with Gasteiger partial charge in [0.1, 0.15) is 5.60 Å². The summed E-state index contributed by atoms with van der Waals surface area (Å²) in [5.74, 6) is -2.19. The summed E-state index contributed by atoms with van der Waals surface area (Å²) >= 11 is 0. The predicted octanol–water partition coefficient (Wildman–Crippen LogP) is 2.90. The van der Waals surface area contributed by atoms with Gasteiger partial charge >= 0.3 is 18.2 Å². The maximum atomic E-state index is 13.1. The van der Waals surface area contributed by atoms with Crippen LogP contribution in [0.25, 0.3) is 0 Å². The number of amides is 1. The second-order valence-corrected chi connectivity index (χ2v) is 7.67. The number of halogens is 3. The van der Waals surface area contributed by atoms with Crippen LogP contribution in [0.15, 0.2) is 6.33 Å². The summed E-state index contributed by atoms with van der Waals surface area (Å²) in [6, 6.07) is 0. The molecule has 0 spiro atoms. The van der Waals surface area contributed by atoms with Gasteiger partial charge in [-0.15, -0.1) is 0 Å². The lowest BCUT2D eigenvalue weighted by Gasteiger charge is -2.24. The Hall–Kier alpha value is -2.59. The summed E-state index contributed by atoms with van der Waals surface area (Å²) in [6.45, 7) is 6.41. The fourth-order valence-corrected chi connectivity index (χ4v) is 2.94. The van der Waals surface area contributed by atoms with Crippen LogP contribution in [0.2, 0.25) is 0 Å². The lowest BCUT2D eigenvalue weighted by atomic mass is 10.0. The zero-order valence-corrected chi connectivity index (χ0v) is 16.7. The number of aromatic nitrogens is 2. The summed E-state index contributed by atoms with van der Waals surface area (Å²) < 4.78 is 50.2. The second kappa shape index (κ2) is 8.42. The van der Waals surface area contributed by atoms with Crippen LogP contribution in [-0.4, -0.2) is 57.6 Å². The van der Waals surface area contributed by atoms with Crippen LogP contribution in [0.5, 0.6) is 0 Å². The Bertz CT molecular complexity index is 783. The zero-order chi connectivity index (χ0) is 22.0. The highest BCUT2D eigenvalue weighted by Gasteiger charge is 2.41. The molecule has 1 aliphatic rings. The normalized spacial score (nSPS) is 17.3. The van der Waals surface area contributed by atoms with Gasteiger partial charge in [0, 0.05) is 19.0 Å². The van der Waals surface area contributed by atoms with E-state index in [1.807, 2.05) is 0 Å². The summed E-state index contributed by atoms with van der Waals surface area (Å²) in [5, 5.41) is 0. The molecule has 1 atom stereocenters. The molecule has 1 aromatic heterocycles. The maximum absolute atomic E-state index is 13.1. The number of esters is 1. The van der Waals surface area contributed by atoms with E-state index in [2.05, 4.69) is 9.72 Å². The van der Waals surface area contributed by atoms with Gasteiger partial charge in [-0.25, -0.2) is 14.6 Å². The van der Waals surface area contributed by atoms with Gasteiger partial charge in [0.15, 0.2) is 17.2 Å². The average molecular weight is 419 g/mol. The Morgan fingerprint density at radius 1 is 1.24 bits per heavy atom. The number of rotatable bonds is 5. The van der Waals surface area contributed by atoms with E-state index in [-0.39, 0.29) is 13.2 Å². The minimum absolute atomic E-state index is 0.101. The summed E-state index contributed by atoms with van der Waals surface area (Å²) in [4.78, 5) is 41.4. The first-order chi connectivity index (χ1) is 13.3. The monoisotopic (exact) mass is 419 g/mol. The number of hydrogen-bond donors (Lipinski definition) is 0. The van der Waals surface area contributed by atoms with Crippen molar-refractivity contribution in [2.24, 2.45) is 5.92 Å². The number of likely N-dealkylation sites (tertiary alicyclic amines) is 1. The predicted molar refractivity (Wildman–Crippen MR) is 94.1 cm³/mol. The molecule has 8 nitrogen and oxygen atoms in total. The number of nitrogens with zero attached hydrogens (tertiary/aromatic N) is 3. The number of carbonyl (C=O) groups excluding carboxylic acids is 3. The third-order valence-electron chi connectivity index (χ3n) is 4.20.